The number of nitrogens with zero attached hydrogens (tertiary/aromatic N) is 5. The van der Waals surface area contributed by atoms with E-state index in [1.54, 1.807) is 4.90 Å². The third-order valence-electron chi connectivity index (χ3n) is 6.68. The van der Waals surface area contributed by atoms with Crippen LogP contribution in [0.25, 0.3) is 0 Å². The van der Waals surface area contributed by atoms with Crippen molar-refractivity contribution in [2.45, 2.75) is 32.4 Å². The lowest BCUT2D eigenvalue weighted by molar-refractivity contribution is -0.129. The van der Waals surface area contributed by atoms with Gasteiger partial charge in [-0.25, -0.2) is 9.59 Å². The Morgan fingerprint density at radius 2 is 1.86 bits per heavy atom. The van der Waals surface area contributed by atoms with Crippen LogP contribution in [0.2, 0.25) is 0 Å². The van der Waals surface area contributed by atoms with Crippen molar-refractivity contribution in [2.24, 2.45) is 0 Å². The van der Waals surface area contributed by atoms with Crippen molar-refractivity contribution >= 4 is 29.4 Å². The molecule has 36 heavy (non-hydrogen) atoms. The number of carbonyl (C=O) groups excluding carboxylic acids is 3. The number of nitrogens with one attached hydrogen (secondary N) is 1. The Balaban J connectivity index is 1.60. The van der Waals surface area contributed by atoms with Gasteiger partial charge in [0.05, 0.1) is 13.1 Å². The first-order valence-electron chi connectivity index (χ1n) is 12.0. The number of unbranched alkanes of at least 4 members (excludes halogenated alkanes) is 1. The number of piperazine rings is 1. The number of hydrogen-bond acceptors (Lipinski definition) is 7. The number of fused-ring (bicyclic) bond motifs is 1. The first-order valence-corrected chi connectivity index (χ1v) is 12.0. The molecule has 2 saturated heterocycles. The Bertz CT molecular complexity index is 1270. The number of rotatable bonds is 8. The summed E-state index contributed by atoms with van der Waals surface area (Å²) < 4.78 is 1.25. The average Bonchev–Trinajstić information content (AvgIpc) is 3.07. The third-order valence-corrected chi connectivity index (χ3v) is 6.68. The molecule has 12 heteroatoms. The van der Waals surface area contributed by atoms with Crippen LogP contribution in [0, 0.1) is 0 Å². The highest BCUT2D eigenvalue weighted by Gasteiger charge is 2.46. The Labute approximate surface area is 207 Å². The lowest BCUT2D eigenvalue weighted by atomic mass is 10.2. The Morgan fingerprint density at radius 1 is 1.14 bits per heavy atom. The van der Waals surface area contributed by atoms with Crippen LogP contribution >= 0.6 is 0 Å². The van der Waals surface area contributed by atoms with Gasteiger partial charge in [-0.3, -0.25) is 33.7 Å². The highest BCUT2D eigenvalue weighted by Crippen LogP contribution is 2.22. The molecule has 1 atom stereocenters. The summed E-state index contributed by atoms with van der Waals surface area (Å²) in [6.45, 7) is 3.25. The fraction of sp³-hybridized carbons (Fsp3) is 0.458. The molecule has 1 unspecified atom stereocenters. The maximum Gasteiger partial charge on any atom is 0.330 e. The van der Waals surface area contributed by atoms with Gasteiger partial charge in [0.25, 0.3) is 11.5 Å². The highest BCUT2D eigenvalue weighted by molar-refractivity contribution is 6.04. The van der Waals surface area contributed by atoms with E-state index in [0.29, 0.717) is 19.5 Å². The number of nitrogen functional groups attached to an aromatic ring is 1. The smallest absolute Gasteiger partial charge is 0.330 e. The van der Waals surface area contributed by atoms with E-state index in [1.165, 1.54) is 21.4 Å². The first kappa shape index (κ1) is 25.2. The number of amides is 4. The second-order valence-electron chi connectivity index (χ2n) is 9.09. The van der Waals surface area contributed by atoms with Crippen molar-refractivity contribution < 1.29 is 14.4 Å². The number of carbonyl (C=O) groups is 3. The van der Waals surface area contributed by atoms with E-state index in [9.17, 15) is 24.0 Å². The molecule has 0 bridgehead atoms. The van der Waals surface area contributed by atoms with Crippen LogP contribution < -0.4 is 21.9 Å². The molecule has 2 aromatic rings. The predicted octanol–water partition coefficient (Wildman–Crippen LogP) is -0.122. The molecule has 0 spiro atoms. The standard InChI is InChI=1S/C24H31N7O5/c1-3-4-10-30(18(32)15-28-11-12-29-17(14-28)22(34)27(2)24(29)36)19-20(25)31(23(35)26-21(19)33)13-16-8-6-5-7-9-16/h5-9,17H,3-4,10-15,25H2,1-2H3,(H,26,33,35). The topological polar surface area (TPSA) is 145 Å². The van der Waals surface area contributed by atoms with E-state index in [1.807, 2.05) is 37.3 Å². The van der Waals surface area contributed by atoms with Gasteiger partial charge >= 0.3 is 11.7 Å². The summed E-state index contributed by atoms with van der Waals surface area (Å²) >= 11 is 0. The van der Waals surface area contributed by atoms with Crippen molar-refractivity contribution in [3.63, 3.8) is 0 Å². The largest absolute Gasteiger partial charge is 0.383 e. The molecule has 0 saturated carbocycles. The number of hydrogen-bond donors (Lipinski definition) is 2. The molecule has 192 valence electrons. The van der Waals surface area contributed by atoms with Crippen LogP contribution in [0.15, 0.2) is 39.9 Å². The lowest BCUT2D eigenvalue weighted by Gasteiger charge is -2.36. The van der Waals surface area contributed by atoms with Crippen molar-refractivity contribution in [2.75, 3.05) is 50.4 Å². The molecule has 4 amide bonds. The number of anilines is 2. The van der Waals surface area contributed by atoms with Gasteiger partial charge in [-0.05, 0) is 12.0 Å². The molecule has 1 aromatic carbocycles. The third kappa shape index (κ3) is 4.76. The molecule has 12 nitrogen and oxygen atoms in total. The van der Waals surface area contributed by atoms with E-state index in [0.717, 1.165) is 16.9 Å². The second kappa shape index (κ2) is 10.4. The zero-order chi connectivity index (χ0) is 26.0. The maximum atomic E-state index is 13.5. The molecule has 2 fully saturated rings. The average molecular weight is 498 g/mol. The number of benzene rings is 1. The van der Waals surface area contributed by atoms with Crippen LogP contribution in [0.3, 0.4) is 0 Å². The molecule has 2 aliphatic heterocycles. The van der Waals surface area contributed by atoms with E-state index in [-0.39, 0.29) is 55.5 Å². The maximum absolute atomic E-state index is 13.5. The van der Waals surface area contributed by atoms with Crippen LogP contribution in [0.1, 0.15) is 25.3 Å². The molecule has 0 radical (unpaired) electrons. The molecule has 0 aliphatic carbocycles. The molecular formula is C24H31N7O5. The summed E-state index contributed by atoms with van der Waals surface area (Å²) in [7, 11) is 1.45. The summed E-state index contributed by atoms with van der Waals surface area (Å²) in [5.41, 5.74) is 5.71. The number of likely N-dealkylation sites (N-methyl/N-ethyl adjacent to an activating group) is 1. The summed E-state index contributed by atoms with van der Waals surface area (Å²) in [6, 6.07) is 8.23. The van der Waals surface area contributed by atoms with Crippen LogP contribution in [-0.4, -0.2) is 87.9 Å². The van der Waals surface area contributed by atoms with Gasteiger partial charge in [0.1, 0.15) is 11.9 Å². The number of urea groups is 1. The monoisotopic (exact) mass is 497 g/mol. The van der Waals surface area contributed by atoms with Gasteiger partial charge < -0.3 is 15.5 Å². The molecule has 4 rings (SSSR count). The van der Waals surface area contributed by atoms with Crippen molar-refractivity contribution in [1.29, 1.82) is 0 Å². The zero-order valence-electron chi connectivity index (χ0n) is 20.5. The van der Waals surface area contributed by atoms with Gasteiger partial charge in [-0.1, -0.05) is 43.7 Å². The van der Waals surface area contributed by atoms with E-state index >= 15 is 0 Å². The van der Waals surface area contributed by atoms with Crippen molar-refractivity contribution in [1.82, 2.24) is 24.3 Å². The molecule has 3 N–H and O–H groups in total. The van der Waals surface area contributed by atoms with Gasteiger partial charge in [-0.15, -0.1) is 0 Å². The number of aromatic nitrogens is 2. The first-order chi connectivity index (χ1) is 17.2. The lowest BCUT2D eigenvalue weighted by Crippen LogP contribution is -2.55. The predicted molar refractivity (Wildman–Crippen MR) is 134 cm³/mol. The zero-order valence-corrected chi connectivity index (χ0v) is 20.5. The quantitative estimate of drug-likeness (QED) is 0.484. The van der Waals surface area contributed by atoms with Gasteiger partial charge in [0.2, 0.25) is 5.91 Å². The number of H-pyrrole nitrogens is 1. The minimum Gasteiger partial charge on any atom is -0.383 e. The fourth-order valence-corrected chi connectivity index (χ4v) is 4.65. The normalized spacial score (nSPS) is 18.0. The minimum absolute atomic E-state index is 0.0596. The summed E-state index contributed by atoms with van der Waals surface area (Å²) in [5, 5.41) is 0. The van der Waals surface area contributed by atoms with Gasteiger partial charge in [0, 0.05) is 33.2 Å². The van der Waals surface area contributed by atoms with E-state index in [2.05, 4.69) is 4.98 Å². The molecule has 1 aromatic heterocycles. The van der Waals surface area contributed by atoms with Crippen LogP contribution in [0.4, 0.5) is 16.3 Å². The highest BCUT2D eigenvalue weighted by atomic mass is 16.2. The Kier molecular flexibility index (Phi) is 7.25. The number of imide groups is 1. The minimum atomic E-state index is -0.728. The summed E-state index contributed by atoms with van der Waals surface area (Å²) in [6.07, 6.45) is 1.39. The fourth-order valence-electron chi connectivity index (χ4n) is 4.65. The molecule has 2 aliphatic rings. The second-order valence-corrected chi connectivity index (χ2v) is 9.09. The van der Waals surface area contributed by atoms with Gasteiger partial charge in [-0.2, -0.15) is 0 Å². The molecule has 3 heterocycles. The van der Waals surface area contributed by atoms with E-state index < -0.39 is 17.3 Å². The molecular weight excluding hydrogens is 466 g/mol. The van der Waals surface area contributed by atoms with E-state index in [4.69, 9.17) is 5.73 Å². The van der Waals surface area contributed by atoms with Gasteiger partial charge in [0.15, 0.2) is 5.69 Å². The summed E-state index contributed by atoms with van der Waals surface area (Å²) in [5.74, 6) is -0.752. The number of aromatic amines is 1. The Hall–Kier alpha value is -3.93. The number of nitrogens with two attached hydrogens (primary N) is 1. The van der Waals surface area contributed by atoms with Crippen molar-refractivity contribution in [3.8, 4) is 0 Å². The SMILES string of the molecule is CCCCN(C(=O)CN1CCN2C(=O)N(C)C(=O)C2C1)c1c(N)n(Cc2ccccc2)c(=O)[nH]c1=O. The summed E-state index contributed by atoms with van der Waals surface area (Å²) in [4.78, 5) is 71.6. The Morgan fingerprint density at radius 3 is 2.56 bits per heavy atom. The van der Waals surface area contributed by atoms with Crippen molar-refractivity contribution in [3.05, 3.63) is 56.7 Å². The van der Waals surface area contributed by atoms with Crippen LogP contribution in [-0.2, 0) is 16.1 Å². The van der Waals surface area contributed by atoms with Crippen LogP contribution in [0.5, 0.6) is 0 Å².